The number of amides is 1. The van der Waals surface area contributed by atoms with Crippen LogP contribution in [0.2, 0.25) is 0 Å². The molecular formula is C19H16BrN3O. The highest BCUT2D eigenvalue weighted by molar-refractivity contribution is 9.10. The third-order valence-electron chi connectivity index (χ3n) is 3.44. The molecule has 0 aliphatic carbocycles. The van der Waals surface area contributed by atoms with Crippen molar-refractivity contribution in [2.24, 2.45) is 0 Å². The average molecular weight is 382 g/mol. The van der Waals surface area contributed by atoms with Crippen molar-refractivity contribution in [2.75, 3.05) is 5.32 Å². The van der Waals surface area contributed by atoms with Crippen LogP contribution >= 0.6 is 15.9 Å². The number of carbonyl (C=O) groups excluding carboxylic acids is 1. The fourth-order valence-corrected chi connectivity index (χ4v) is 2.57. The number of aromatic nitrogens is 1. The summed E-state index contributed by atoms with van der Waals surface area (Å²) in [5, 5.41) is 6.12. The van der Waals surface area contributed by atoms with E-state index in [9.17, 15) is 4.79 Å². The normalized spacial score (nSPS) is 10.2. The van der Waals surface area contributed by atoms with Crippen molar-refractivity contribution in [3.05, 3.63) is 88.7 Å². The Morgan fingerprint density at radius 2 is 1.71 bits per heavy atom. The first kappa shape index (κ1) is 16.2. The molecule has 0 saturated carbocycles. The molecule has 2 aromatic carbocycles. The molecule has 0 bridgehead atoms. The zero-order valence-corrected chi connectivity index (χ0v) is 14.5. The molecule has 3 aromatic rings. The summed E-state index contributed by atoms with van der Waals surface area (Å²) < 4.78 is 0.967. The van der Waals surface area contributed by atoms with Gasteiger partial charge in [0.1, 0.15) is 5.69 Å². The van der Waals surface area contributed by atoms with Crippen LogP contribution in [0.1, 0.15) is 16.1 Å². The molecule has 1 heterocycles. The van der Waals surface area contributed by atoms with Crippen molar-refractivity contribution in [3.63, 3.8) is 0 Å². The van der Waals surface area contributed by atoms with Crippen LogP contribution < -0.4 is 10.6 Å². The number of pyridine rings is 1. The highest BCUT2D eigenvalue weighted by atomic mass is 79.9. The molecule has 0 aliphatic heterocycles. The van der Waals surface area contributed by atoms with Crippen LogP contribution in [0.15, 0.2) is 77.4 Å². The molecule has 120 valence electrons. The topological polar surface area (TPSA) is 54.0 Å². The first-order chi connectivity index (χ1) is 11.7. The number of benzene rings is 2. The average Bonchev–Trinajstić information content (AvgIpc) is 2.63. The summed E-state index contributed by atoms with van der Waals surface area (Å²) >= 11 is 3.49. The van der Waals surface area contributed by atoms with Gasteiger partial charge in [-0.15, -0.1) is 0 Å². The van der Waals surface area contributed by atoms with E-state index >= 15 is 0 Å². The van der Waals surface area contributed by atoms with E-state index in [0.29, 0.717) is 12.2 Å². The monoisotopic (exact) mass is 381 g/mol. The molecule has 0 unspecified atom stereocenters. The maximum Gasteiger partial charge on any atom is 0.270 e. The van der Waals surface area contributed by atoms with Gasteiger partial charge in [0.05, 0.1) is 17.6 Å². The van der Waals surface area contributed by atoms with Crippen molar-refractivity contribution in [2.45, 2.75) is 6.54 Å². The second-order valence-electron chi connectivity index (χ2n) is 5.21. The van der Waals surface area contributed by atoms with Gasteiger partial charge in [0.2, 0.25) is 0 Å². The molecule has 24 heavy (non-hydrogen) atoms. The van der Waals surface area contributed by atoms with Crippen LogP contribution in [0.25, 0.3) is 0 Å². The molecule has 4 nitrogen and oxygen atoms in total. The Morgan fingerprint density at radius 3 is 2.42 bits per heavy atom. The quantitative estimate of drug-likeness (QED) is 0.682. The lowest BCUT2D eigenvalue weighted by Gasteiger charge is -2.09. The SMILES string of the molecule is O=C(NCc1ccccc1)c1ccc(Nc2ccccc2Br)cn1. The van der Waals surface area contributed by atoms with E-state index in [1.165, 1.54) is 0 Å². The molecule has 0 atom stereocenters. The van der Waals surface area contributed by atoms with Crippen LogP contribution in [0.5, 0.6) is 0 Å². The molecule has 2 N–H and O–H groups in total. The molecule has 0 saturated heterocycles. The Balaban J connectivity index is 1.61. The molecule has 1 aromatic heterocycles. The minimum atomic E-state index is -0.189. The van der Waals surface area contributed by atoms with E-state index in [1.807, 2.05) is 60.7 Å². The summed E-state index contributed by atoms with van der Waals surface area (Å²) in [7, 11) is 0. The van der Waals surface area contributed by atoms with Crippen LogP contribution in [0.3, 0.4) is 0 Å². The van der Waals surface area contributed by atoms with E-state index in [-0.39, 0.29) is 5.91 Å². The first-order valence-corrected chi connectivity index (χ1v) is 8.31. The largest absolute Gasteiger partial charge is 0.353 e. The number of hydrogen-bond donors (Lipinski definition) is 2. The summed E-state index contributed by atoms with van der Waals surface area (Å²) in [6.07, 6.45) is 1.65. The molecule has 0 aliphatic rings. The third kappa shape index (κ3) is 4.20. The van der Waals surface area contributed by atoms with Gasteiger partial charge in [-0.25, -0.2) is 4.98 Å². The number of rotatable bonds is 5. The van der Waals surface area contributed by atoms with Gasteiger partial charge < -0.3 is 10.6 Å². The van der Waals surface area contributed by atoms with Crippen molar-refractivity contribution >= 4 is 33.2 Å². The van der Waals surface area contributed by atoms with Gasteiger partial charge in [-0.2, -0.15) is 0 Å². The fourth-order valence-electron chi connectivity index (χ4n) is 2.19. The third-order valence-corrected chi connectivity index (χ3v) is 4.14. The number of halogens is 1. The Morgan fingerprint density at radius 1 is 0.958 bits per heavy atom. The summed E-state index contributed by atoms with van der Waals surface area (Å²) in [6.45, 7) is 0.484. The van der Waals surface area contributed by atoms with Crippen LogP contribution in [-0.4, -0.2) is 10.9 Å². The van der Waals surface area contributed by atoms with Gasteiger partial charge in [-0.05, 0) is 45.8 Å². The minimum absolute atomic E-state index is 0.189. The van der Waals surface area contributed by atoms with Gasteiger partial charge in [-0.3, -0.25) is 4.79 Å². The molecular weight excluding hydrogens is 366 g/mol. The van der Waals surface area contributed by atoms with Crippen LogP contribution in [-0.2, 0) is 6.54 Å². The summed E-state index contributed by atoms with van der Waals surface area (Å²) in [6, 6.07) is 21.2. The number of hydrogen-bond acceptors (Lipinski definition) is 3. The van der Waals surface area contributed by atoms with Gasteiger partial charge >= 0.3 is 0 Å². The zero-order valence-electron chi connectivity index (χ0n) is 12.9. The lowest BCUT2D eigenvalue weighted by atomic mass is 10.2. The molecule has 0 spiro atoms. The van der Waals surface area contributed by atoms with E-state index in [1.54, 1.807) is 12.3 Å². The number of anilines is 2. The Bertz CT molecular complexity index is 820. The molecule has 1 amide bonds. The number of nitrogens with one attached hydrogen (secondary N) is 2. The predicted octanol–water partition coefficient (Wildman–Crippen LogP) is 4.52. The molecule has 0 fully saturated rings. The Kier molecular flexibility index (Phi) is 5.23. The van der Waals surface area contributed by atoms with Gasteiger partial charge in [0.25, 0.3) is 5.91 Å². The standard InChI is InChI=1S/C19H16BrN3O/c20-16-8-4-5-9-17(16)23-15-10-11-18(21-13-15)19(24)22-12-14-6-2-1-3-7-14/h1-11,13,23H,12H2,(H,22,24). The highest BCUT2D eigenvalue weighted by Gasteiger charge is 2.07. The number of carbonyl (C=O) groups is 1. The number of nitrogens with zero attached hydrogens (tertiary/aromatic N) is 1. The van der Waals surface area contributed by atoms with E-state index in [2.05, 4.69) is 31.5 Å². The van der Waals surface area contributed by atoms with Gasteiger partial charge in [0, 0.05) is 11.0 Å². The van der Waals surface area contributed by atoms with Gasteiger partial charge in [0.15, 0.2) is 0 Å². The number of para-hydroxylation sites is 1. The lowest BCUT2D eigenvalue weighted by Crippen LogP contribution is -2.23. The fraction of sp³-hybridized carbons (Fsp3) is 0.0526. The van der Waals surface area contributed by atoms with E-state index < -0.39 is 0 Å². The lowest BCUT2D eigenvalue weighted by molar-refractivity contribution is 0.0946. The van der Waals surface area contributed by atoms with E-state index in [0.717, 1.165) is 21.4 Å². The summed E-state index contributed by atoms with van der Waals surface area (Å²) in [4.78, 5) is 16.4. The van der Waals surface area contributed by atoms with Gasteiger partial charge in [-0.1, -0.05) is 42.5 Å². The Labute approximate surface area is 149 Å². The van der Waals surface area contributed by atoms with Crippen LogP contribution in [0, 0.1) is 0 Å². The maximum atomic E-state index is 12.1. The summed E-state index contributed by atoms with van der Waals surface area (Å²) in [5.41, 5.74) is 3.21. The van der Waals surface area contributed by atoms with Crippen LogP contribution in [0.4, 0.5) is 11.4 Å². The van der Waals surface area contributed by atoms with Crippen molar-refractivity contribution < 1.29 is 4.79 Å². The highest BCUT2D eigenvalue weighted by Crippen LogP contribution is 2.24. The smallest absolute Gasteiger partial charge is 0.270 e. The second-order valence-corrected chi connectivity index (χ2v) is 6.06. The summed E-state index contributed by atoms with van der Waals surface area (Å²) in [5.74, 6) is -0.189. The molecule has 3 rings (SSSR count). The van der Waals surface area contributed by atoms with Crippen molar-refractivity contribution in [1.82, 2.24) is 10.3 Å². The maximum absolute atomic E-state index is 12.1. The molecule has 0 radical (unpaired) electrons. The Hall–Kier alpha value is -2.66. The minimum Gasteiger partial charge on any atom is -0.353 e. The zero-order chi connectivity index (χ0) is 16.8. The molecule has 5 heteroatoms. The van der Waals surface area contributed by atoms with E-state index in [4.69, 9.17) is 0 Å². The predicted molar refractivity (Wildman–Crippen MR) is 99.3 cm³/mol. The van der Waals surface area contributed by atoms with Crippen molar-refractivity contribution in [1.29, 1.82) is 0 Å². The van der Waals surface area contributed by atoms with Crippen molar-refractivity contribution in [3.8, 4) is 0 Å². The second kappa shape index (κ2) is 7.75. The first-order valence-electron chi connectivity index (χ1n) is 7.52.